The van der Waals surface area contributed by atoms with E-state index in [1.165, 1.54) is 12.1 Å². The Morgan fingerprint density at radius 3 is 2.19 bits per heavy atom. The number of anilines is 1. The molecule has 2 aromatic carbocycles. The van der Waals surface area contributed by atoms with E-state index in [9.17, 15) is 24.9 Å². The van der Waals surface area contributed by atoms with Crippen LogP contribution in [-0.2, 0) is 0 Å². The van der Waals surface area contributed by atoms with Gasteiger partial charge in [0.15, 0.2) is 11.6 Å². The zero-order chi connectivity index (χ0) is 19.0. The lowest BCUT2D eigenvalue weighted by atomic mass is 9.81. The van der Waals surface area contributed by atoms with Gasteiger partial charge in [-0.1, -0.05) is 24.3 Å². The number of hydrogen-bond acceptors (Lipinski definition) is 7. The minimum atomic E-state index is -1.03. The van der Waals surface area contributed by atoms with Crippen LogP contribution in [0, 0.1) is 22.7 Å². The highest BCUT2D eigenvalue weighted by molar-refractivity contribution is 6.31. The molecule has 0 unspecified atom stereocenters. The molecule has 0 fully saturated rings. The molecule has 0 bridgehead atoms. The second-order valence-electron chi connectivity index (χ2n) is 5.32. The van der Waals surface area contributed by atoms with Crippen LogP contribution in [0.5, 0.6) is 0 Å². The highest BCUT2D eigenvalue weighted by Crippen LogP contribution is 2.37. The molecule has 1 aliphatic rings. The van der Waals surface area contributed by atoms with Gasteiger partial charge in [0.1, 0.15) is 12.1 Å². The van der Waals surface area contributed by atoms with Gasteiger partial charge in [0.05, 0.1) is 22.4 Å². The maximum atomic E-state index is 13.0. The minimum Gasteiger partial charge on any atom is -0.289 e. The second kappa shape index (κ2) is 6.11. The fourth-order valence-electron chi connectivity index (χ4n) is 2.85. The van der Waals surface area contributed by atoms with Crippen LogP contribution < -0.4 is 22.1 Å². The maximum Gasteiger partial charge on any atom is 0.350 e. The van der Waals surface area contributed by atoms with Crippen molar-refractivity contribution < 1.29 is 14.4 Å². The lowest BCUT2D eigenvalue weighted by Crippen LogP contribution is -2.49. The van der Waals surface area contributed by atoms with E-state index in [1.807, 2.05) is 0 Å². The lowest BCUT2D eigenvalue weighted by molar-refractivity contribution is 0.0979. The summed E-state index contributed by atoms with van der Waals surface area (Å²) in [4.78, 5) is 37.7. The fourth-order valence-corrected chi connectivity index (χ4v) is 2.85. The topological polar surface area (TPSA) is 166 Å². The molecule has 0 radical (unpaired) electrons. The quantitative estimate of drug-likeness (QED) is 0.327. The average molecular weight is 346 g/mol. The summed E-state index contributed by atoms with van der Waals surface area (Å²) in [5.74, 6) is 9.68. The van der Waals surface area contributed by atoms with Crippen LogP contribution in [0.3, 0.4) is 0 Å². The first-order valence-corrected chi connectivity index (χ1v) is 7.21. The van der Waals surface area contributed by atoms with Crippen LogP contribution in [0.1, 0.15) is 43.0 Å². The summed E-state index contributed by atoms with van der Waals surface area (Å²) < 4.78 is 0. The molecule has 5 N–H and O–H groups in total. The maximum absolute atomic E-state index is 13.0. The minimum absolute atomic E-state index is 0.112. The van der Waals surface area contributed by atoms with E-state index < -0.39 is 17.6 Å². The van der Waals surface area contributed by atoms with Gasteiger partial charge in [0, 0.05) is 16.7 Å². The number of fused-ring (bicyclic) bond motifs is 2. The summed E-state index contributed by atoms with van der Waals surface area (Å²) in [5, 5.41) is 19.2. The first-order valence-electron chi connectivity index (χ1n) is 7.21. The molecule has 0 aromatic heterocycles. The van der Waals surface area contributed by atoms with Gasteiger partial charge in [-0.25, -0.2) is 21.5 Å². The molecule has 0 saturated heterocycles. The number of nitrogens with two attached hydrogens (primary N) is 2. The zero-order valence-corrected chi connectivity index (χ0v) is 13.1. The Kier molecular flexibility index (Phi) is 3.95. The van der Waals surface area contributed by atoms with Gasteiger partial charge in [-0.15, -0.1) is 0 Å². The smallest absolute Gasteiger partial charge is 0.289 e. The number of urea groups is 1. The van der Waals surface area contributed by atoms with Gasteiger partial charge >= 0.3 is 6.03 Å². The highest BCUT2D eigenvalue weighted by atomic mass is 16.2. The SMILES string of the molecule is N#Cc1cc2c(c(N(N)C(=O)NN)c1C#N)C(=O)c1ccccc1C2=O. The first kappa shape index (κ1) is 16.8. The molecule has 0 spiro atoms. The Hall–Kier alpha value is -4.05. The number of carbonyl (C=O) groups is 3. The van der Waals surface area contributed by atoms with Crippen molar-refractivity contribution in [2.24, 2.45) is 11.7 Å². The Morgan fingerprint density at radius 2 is 1.65 bits per heavy atom. The third-order valence-corrected chi connectivity index (χ3v) is 4.00. The molecule has 26 heavy (non-hydrogen) atoms. The number of hydrogen-bond donors (Lipinski definition) is 3. The average Bonchev–Trinajstić information content (AvgIpc) is 2.69. The van der Waals surface area contributed by atoms with Gasteiger partial charge in [-0.3, -0.25) is 15.0 Å². The number of nitriles is 2. The van der Waals surface area contributed by atoms with Crippen LogP contribution in [-0.4, -0.2) is 17.6 Å². The van der Waals surface area contributed by atoms with Gasteiger partial charge < -0.3 is 0 Å². The van der Waals surface area contributed by atoms with E-state index in [0.717, 1.165) is 6.07 Å². The Labute approximate surface area is 147 Å². The highest BCUT2D eigenvalue weighted by Gasteiger charge is 2.36. The predicted octanol–water partition coefficient (Wildman–Crippen LogP) is 0.469. The number of ketones is 2. The standard InChI is InChI=1S/C17H10N6O3/c18-6-8-5-11-13(14(12(8)7-19)23(21)17(26)22-20)16(25)10-4-2-1-3-9(10)15(11)24/h1-5H,20-21H2,(H,22,26). The van der Waals surface area contributed by atoms with Crippen LogP contribution in [0.2, 0.25) is 0 Å². The molecular weight excluding hydrogens is 336 g/mol. The largest absolute Gasteiger partial charge is 0.350 e. The molecule has 126 valence electrons. The molecule has 9 nitrogen and oxygen atoms in total. The molecule has 0 heterocycles. The van der Waals surface area contributed by atoms with Crippen molar-refractivity contribution in [3.05, 3.63) is 63.7 Å². The Morgan fingerprint density at radius 1 is 1.04 bits per heavy atom. The van der Waals surface area contributed by atoms with E-state index in [1.54, 1.807) is 29.7 Å². The number of hydrazine groups is 2. The Bertz CT molecular complexity index is 1080. The van der Waals surface area contributed by atoms with E-state index >= 15 is 0 Å². The molecule has 3 rings (SSSR count). The number of nitrogens with zero attached hydrogens (tertiary/aromatic N) is 3. The summed E-state index contributed by atoms with van der Waals surface area (Å²) in [6, 6.07) is 9.77. The van der Waals surface area contributed by atoms with Crippen LogP contribution in [0.25, 0.3) is 0 Å². The molecule has 2 aromatic rings. The third kappa shape index (κ3) is 2.21. The van der Waals surface area contributed by atoms with Gasteiger partial charge in [0.25, 0.3) is 0 Å². The van der Waals surface area contributed by atoms with E-state index in [2.05, 4.69) is 0 Å². The summed E-state index contributed by atoms with van der Waals surface area (Å²) in [6.07, 6.45) is 0. The number of benzene rings is 2. The van der Waals surface area contributed by atoms with Crippen molar-refractivity contribution in [1.82, 2.24) is 5.43 Å². The number of amides is 2. The second-order valence-corrected chi connectivity index (χ2v) is 5.32. The van der Waals surface area contributed by atoms with Crippen LogP contribution >= 0.6 is 0 Å². The van der Waals surface area contributed by atoms with Crippen molar-refractivity contribution in [3.8, 4) is 12.1 Å². The fraction of sp³-hybridized carbons (Fsp3) is 0. The van der Waals surface area contributed by atoms with Crippen molar-refractivity contribution in [1.29, 1.82) is 10.5 Å². The van der Waals surface area contributed by atoms with Crippen LogP contribution in [0.15, 0.2) is 30.3 Å². The summed E-state index contributed by atoms with van der Waals surface area (Å²) in [6.45, 7) is 0. The predicted molar refractivity (Wildman–Crippen MR) is 88.6 cm³/mol. The molecule has 1 aliphatic carbocycles. The summed E-state index contributed by atoms with van der Waals surface area (Å²) >= 11 is 0. The lowest BCUT2D eigenvalue weighted by Gasteiger charge is -2.25. The molecule has 0 atom stereocenters. The monoisotopic (exact) mass is 346 g/mol. The van der Waals surface area contributed by atoms with E-state index in [0.29, 0.717) is 5.01 Å². The third-order valence-electron chi connectivity index (χ3n) is 4.00. The molecule has 0 aliphatic heterocycles. The van der Waals surface area contributed by atoms with E-state index in [4.69, 9.17) is 11.7 Å². The zero-order valence-electron chi connectivity index (χ0n) is 13.1. The van der Waals surface area contributed by atoms with Gasteiger partial charge in [0.2, 0.25) is 0 Å². The van der Waals surface area contributed by atoms with Crippen molar-refractivity contribution in [2.45, 2.75) is 0 Å². The van der Waals surface area contributed by atoms with Crippen LogP contribution in [0.4, 0.5) is 10.5 Å². The van der Waals surface area contributed by atoms with Crippen molar-refractivity contribution in [3.63, 3.8) is 0 Å². The summed E-state index contributed by atoms with van der Waals surface area (Å²) in [7, 11) is 0. The van der Waals surface area contributed by atoms with Crippen molar-refractivity contribution in [2.75, 3.05) is 5.01 Å². The number of rotatable bonds is 1. The molecule has 0 saturated carbocycles. The van der Waals surface area contributed by atoms with E-state index in [-0.39, 0.29) is 39.1 Å². The normalized spacial score (nSPS) is 11.7. The molecule has 9 heteroatoms. The number of carbonyl (C=O) groups excluding carboxylic acids is 3. The Balaban J connectivity index is 2.44. The van der Waals surface area contributed by atoms with Crippen molar-refractivity contribution >= 4 is 23.3 Å². The van der Waals surface area contributed by atoms with Gasteiger partial charge in [-0.05, 0) is 6.07 Å². The molecular formula is C17H10N6O3. The molecule has 2 amide bonds. The summed E-state index contributed by atoms with van der Waals surface area (Å²) in [5.41, 5.74) is 0.865. The number of nitrogens with one attached hydrogen (secondary N) is 1. The first-order chi connectivity index (χ1) is 12.5. The van der Waals surface area contributed by atoms with Gasteiger partial charge in [-0.2, -0.15) is 10.5 Å².